The summed E-state index contributed by atoms with van der Waals surface area (Å²) in [6.07, 6.45) is 2.89. The molecule has 0 aromatic heterocycles. The zero-order valence-electron chi connectivity index (χ0n) is 12.1. The van der Waals surface area contributed by atoms with Gasteiger partial charge in [0.25, 0.3) is 0 Å². The molecule has 3 nitrogen and oxygen atoms in total. The Bertz CT molecular complexity index is 454. The van der Waals surface area contributed by atoms with Gasteiger partial charge in [-0.15, -0.1) is 0 Å². The average Bonchev–Trinajstić information content (AvgIpc) is 2.40. The molecule has 0 bridgehead atoms. The second-order valence-corrected chi connectivity index (χ2v) is 5.73. The summed E-state index contributed by atoms with van der Waals surface area (Å²) in [6.45, 7) is 3.08. The highest BCUT2D eigenvalue weighted by Gasteiger charge is 2.44. The Morgan fingerprint density at radius 1 is 1.40 bits per heavy atom. The Morgan fingerprint density at radius 3 is 2.55 bits per heavy atom. The van der Waals surface area contributed by atoms with Crippen LogP contribution in [0.15, 0.2) is 24.3 Å². The summed E-state index contributed by atoms with van der Waals surface area (Å²) in [6, 6.07) is 6.43. The third-order valence-electron chi connectivity index (χ3n) is 4.22. The lowest BCUT2D eigenvalue weighted by Crippen LogP contribution is -2.49. The van der Waals surface area contributed by atoms with E-state index in [2.05, 4.69) is 5.32 Å². The summed E-state index contributed by atoms with van der Waals surface area (Å²) in [4.78, 5) is 12.3. The molecule has 1 aliphatic carbocycles. The van der Waals surface area contributed by atoms with E-state index in [0.29, 0.717) is 13.2 Å². The van der Waals surface area contributed by atoms with Crippen LogP contribution in [0.5, 0.6) is 0 Å². The number of ether oxygens (including phenoxy) is 1. The van der Waals surface area contributed by atoms with Crippen molar-refractivity contribution < 1.29 is 13.9 Å². The van der Waals surface area contributed by atoms with Crippen molar-refractivity contribution in [2.24, 2.45) is 5.41 Å². The number of hydrogen-bond donors (Lipinski definition) is 1. The molecule has 1 aliphatic rings. The number of carbonyl (C=O) groups excluding carboxylic acids is 1. The molecule has 0 heterocycles. The van der Waals surface area contributed by atoms with Crippen molar-refractivity contribution in [1.82, 2.24) is 5.32 Å². The summed E-state index contributed by atoms with van der Waals surface area (Å²) in [5, 5.41) is 3.01. The summed E-state index contributed by atoms with van der Waals surface area (Å²) < 4.78 is 18.0. The molecule has 4 heteroatoms. The predicted molar refractivity (Wildman–Crippen MR) is 76.0 cm³/mol. The third-order valence-corrected chi connectivity index (χ3v) is 4.22. The first kappa shape index (κ1) is 15.0. The lowest BCUT2D eigenvalue weighted by Gasteiger charge is -2.39. The van der Waals surface area contributed by atoms with E-state index in [-0.39, 0.29) is 23.1 Å². The highest BCUT2D eigenvalue weighted by molar-refractivity contribution is 5.83. The van der Waals surface area contributed by atoms with Crippen molar-refractivity contribution in [1.29, 1.82) is 0 Å². The van der Waals surface area contributed by atoms with Crippen LogP contribution in [0.1, 0.15) is 37.7 Å². The highest BCUT2D eigenvalue weighted by atomic mass is 19.1. The Kier molecular flexibility index (Phi) is 4.76. The number of benzene rings is 1. The van der Waals surface area contributed by atoms with Crippen molar-refractivity contribution in [2.75, 3.05) is 20.3 Å². The molecule has 0 radical (unpaired) electrons. The molecule has 0 aliphatic heterocycles. The number of nitrogens with one attached hydrogen (secondary N) is 1. The van der Waals surface area contributed by atoms with Gasteiger partial charge in [-0.1, -0.05) is 25.5 Å². The minimum Gasteiger partial charge on any atom is -0.384 e. The minimum atomic E-state index is -0.322. The van der Waals surface area contributed by atoms with Crippen molar-refractivity contribution in [2.45, 2.75) is 32.1 Å². The zero-order chi connectivity index (χ0) is 14.6. The lowest BCUT2D eigenvalue weighted by atomic mass is 9.68. The maximum absolute atomic E-state index is 12.9. The van der Waals surface area contributed by atoms with Gasteiger partial charge < -0.3 is 10.1 Å². The molecular weight excluding hydrogens is 257 g/mol. The molecule has 1 N–H and O–H groups in total. The van der Waals surface area contributed by atoms with E-state index >= 15 is 0 Å². The maximum atomic E-state index is 12.9. The van der Waals surface area contributed by atoms with Crippen LogP contribution in [0.2, 0.25) is 0 Å². The maximum Gasteiger partial charge on any atom is 0.228 e. The van der Waals surface area contributed by atoms with Gasteiger partial charge in [0.15, 0.2) is 0 Å². The van der Waals surface area contributed by atoms with Gasteiger partial charge in [-0.3, -0.25) is 4.79 Å². The second-order valence-electron chi connectivity index (χ2n) is 5.73. The van der Waals surface area contributed by atoms with Gasteiger partial charge in [-0.2, -0.15) is 0 Å². The second kappa shape index (κ2) is 6.35. The number of carbonyl (C=O) groups is 1. The van der Waals surface area contributed by atoms with Gasteiger partial charge in [0.1, 0.15) is 5.82 Å². The van der Waals surface area contributed by atoms with Crippen LogP contribution in [0.3, 0.4) is 0 Å². The van der Waals surface area contributed by atoms with Gasteiger partial charge in [0.05, 0.1) is 12.0 Å². The monoisotopic (exact) mass is 279 g/mol. The highest BCUT2D eigenvalue weighted by Crippen LogP contribution is 2.41. The van der Waals surface area contributed by atoms with E-state index in [1.807, 2.05) is 6.92 Å². The van der Waals surface area contributed by atoms with E-state index in [1.165, 1.54) is 12.1 Å². The molecule has 1 aromatic carbocycles. The van der Waals surface area contributed by atoms with Gasteiger partial charge in [-0.25, -0.2) is 4.39 Å². The molecule has 2 rings (SSSR count). The summed E-state index contributed by atoms with van der Waals surface area (Å²) >= 11 is 0. The van der Waals surface area contributed by atoms with E-state index in [4.69, 9.17) is 4.74 Å². The molecular formula is C16H22FNO2. The summed E-state index contributed by atoms with van der Waals surface area (Å²) in [5.41, 5.74) is 0.707. The Hall–Kier alpha value is -1.42. The average molecular weight is 279 g/mol. The smallest absolute Gasteiger partial charge is 0.228 e. The first-order valence-electron chi connectivity index (χ1n) is 7.10. The van der Waals surface area contributed by atoms with Crippen LogP contribution in [-0.2, 0) is 9.53 Å². The molecule has 1 fully saturated rings. The molecule has 1 aromatic rings. The third kappa shape index (κ3) is 3.18. The van der Waals surface area contributed by atoms with Gasteiger partial charge in [0, 0.05) is 13.7 Å². The summed E-state index contributed by atoms with van der Waals surface area (Å²) in [7, 11) is 1.63. The van der Waals surface area contributed by atoms with Crippen LogP contribution < -0.4 is 5.32 Å². The fraction of sp³-hybridized carbons (Fsp3) is 0.562. The SMILES string of the molecule is COCC1(C(=O)NC[C@H](C)c2ccc(F)cc2)CCC1. The van der Waals surface area contributed by atoms with Crippen LogP contribution in [0, 0.1) is 11.2 Å². The Balaban J connectivity index is 1.88. The molecule has 110 valence electrons. The minimum absolute atomic E-state index is 0.0829. The van der Waals surface area contributed by atoms with Crippen LogP contribution in [0.25, 0.3) is 0 Å². The molecule has 0 spiro atoms. The van der Waals surface area contributed by atoms with E-state index in [9.17, 15) is 9.18 Å². The van der Waals surface area contributed by atoms with Crippen molar-refractivity contribution >= 4 is 5.91 Å². The van der Waals surface area contributed by atoms with Crippen molar-refractivity contribution in [3.8, 4) is 0 Å². The molecule has 0 saturated heterocycles. The quantitative estimate of drug-likeness (QED) is 0.869. The largest absolute Gasteiger partial charge is 0.384 e. The molecule has 1 saturated carbocycles. The standard InChI is InChI=1S/C16H22FNO2/c1-12(13-4-6-14(17)7-5-13)10-18-15(19)16(11-20-2)8-3-9-16/h4-7,12H,3,8-11H2,1-2H3,(H,18,19)/t12-/m0/s1. The first-order valence-corrected chi connectivity index (χ1v) is 7.10. The van der Waals surface area contributed by atoms with E-state index < -0.39 is 0 Å². The Morgan fingerprint density at radius 2 is 2.05 bits per heavy atom. The van der Waals surface area contributed by atoms with Crippen molar-refractivity contribution in [3.63, 3.8) is 0 Å². The fourth-order valence-electron chi connectivity index (χ4n) is 2.66. The van der Waals surface area contributed by atoms with Crippen LogP contribution in [0.4, 0.5) is 4.39 Å². The van der Waals surface area contributed by atoms with E-state index in [1.54, 1.807) is 19.2 Å². The molecule has 1 amide bonds. The number of methoxy groups -OCH3 is 1. The van der Waals surface area contributed by atoms with Crippen molar-refractivity contribution in [3.05, 3.63) is 35.6 Å². The molecule has 20 heavy (non-hydrogen) atoms. The first-order chi connectivity index (χ1) is 9.57. The summed E-state index contributed by atoms with van der Waals surface area (Å²) in [5.74, 6) is 0.0114. The van der Waals surface area contributed by atoms with Gasteiger partial charge >= 0.3 is 0 Å². The van der Waals surface area contributed by atoms with Crippen LogP contribution >= 0.6 is 0 Å². The number of halogens is 1. The molecule has 1 atom stereocenters. The topological polar surface area (TPSA) is 38.3 Å². The number of amides is 1. The number of rotatable bonds is 6. The molecule has 0 unspecified atom stereocenters. The van der Waals surface area contributed by atoms with Gasteiger partial charge in [0.2, 0.25) is 5.91 Å². The zero-order valence-corrected chi connectivity index (χ0v) is 12.1. The predicted octanol–water partition coefficient (Wildman–Crippen LogP) is 2.86. The van der Waals surface area contributed by atoms with Gasteiger partial charge in [-0.05, 0) is 36.5 Å². The number of hydrogen-bond acceptors (Lipinski definition) is 2. The Labute approximate surface area is 119 Å². The fourth-order valence-corrected chi connectivity index (χ4v) is 2.66. The van der Waals surface area contributed by atoms with E-state index in [0.717, 1.165) is 24.8 Å². The normalized spacial score (nSPS) is 18.1. The lowest BCUT2D eigenvalue weighted by molar-refractivity contribution is -0.140. The van der Waals surface area contributed by atoms with Crippen LogP contribution in [-0.4, -0.2) is 26.2 Å².